The summed E-state index contributed by atoms with van der Waals surface area (Å²) >= 11 is 6.43. The number of carbonyl (C=O) groups is 2. The van der Waals surface area contributed by atoms with Crippen LogP contribution in [0.15, 0.2) is 36.7 Å². The van der Waals surface area contributed by atoms with Crippen molar-refractivity contribution in [3.05, 3.63) is 75.6 Å². The lowest BCUT2D eigenvalue weighted by Crippen LogP contribution is -2.46. The number of benzene rings is 1. The maximum absolute atomic E-state index is 13.7. The summed E-state index contributed by atoms with van der Waals surface area (Å²) in [5.74, 6) is 0.418. The van der Waals surface area contributed by atoms with Crippen molar-refractivity contribution in [1.82, 2.24) is 29.7 Å². The summed E-state index contributed by atoms with van der Waals surface area (Å²) in [5.41, 5.74) is 6.10. The van der Waals surface area contributed by atoms with Crippen molar-refractivity contribution in [2.24, 2.45) is 0 Å². The normalized spacial score (nSPS) is 17.2. The molecule has 0 bridgehead atoms. The standard InChI is InChI=1S/C32H35ClN6O4/c1-18-10-27(37-19(2)36-18)30(40)38-7-6-20-11-21(22-13-24-26(33)15-35-29(24)34-14-22)12-23(25(20)16-38)28-17-42-9-8-39(28)31(41)43-32(3,4)5/h10-15,28H,6-9,16-17H2,1-5H3,(H,34,35). The fraction of sp³-hybridized carbons (Fsp3) is 0.406. The van der Waals surface area contributed by atoms with Gasteiger partial charge in [0.05, 0.1) is 24.3 Å². The summed E-state index contributed by atoms with van der Waals surface area (Å²) in [5, 5.41) is 1.44. The molecule has 4 aromatic rings. The minimum absolute atomic E-state index is 0.144. The van der Waals surface area contributed by atoms with E-state index in [0.717, 1.165) is 38.9 Å². The lowest BCUT2D eigenvalue weighted by Gasteiger charge is -2.39. The molecule has 0 aliphatic carbocycles. The number of amides is 2. The molecule has 2 amide bonds. The Kier molecular flexibility index (Phi) is 7.60. The molecule has 0 spiro atoms. The van der Waals surface area contributed by atoms with Gasteiger partial charge in [0.15, 0.2) is 0 Å². The average Bonchev–Trinajstić information content (AvgIpc) is 3.34. The fourth-order valence-corrected chi connectivity index (χ4v) is 6.05. The highest BCUT2D eigenvalue weighted by molar-refractivity contribution is 6.35. The van der Waals surface area contributed by atoms with Crippen LogP contribution < -0.4 is 0 Å². The van der Waals surface area contributed by atoms with Gasteiger partial charge in [0, 0.05) is 48.7 Å². The predicted octanol–water partition coefficient (Wildman–Crippen LogP) is 5.80. The van der Waals surface area contributed by atoms with E-state index in [9.17, 15) is 9.59 Å². The number of halogens is 1. The Morgan fingerprint density at radius 2 is 1.91 bits per heavy atom. The van der Waals surface area contributed by atoms with E-state index < -0.39 is 17.7 Å². The molecule has 224 valence electrons. The highest BCUT2D eigenvalue weighted by atomic mass is 35.5. The Morgan fingerprint density at radius 1 is 1.09 bits per heavy atom. The van der Waals surface area contributed by atoms with Crippen LogP contribution in [-0.4, -0.2) is 73.6 Å². The summed E-state index contributed by atoms with van der Waals surface area (Å²) in [6, 6.07) is 7.59. The first-order valence-corrected chi connectivity index (χ1v) is 14.8. The van der Waals surface area contributed by atoms with E-state index >= 15 is 0 Å². The van der Waals surface area contributed by atoms with Gasteiger partial charge < -0.3 is 19.4 Å². The van der Waals surface area contributed by atoms with E-state index in [2.05, 4.69) is 32.1 Å². The Balaban J connectivity index is 1.44. The molecule has 11 heteroatoms. The highest BCUT2D eigenvalue weighted by Crippen LogP contribution is 2.38. The van der Waals surface area contributed by atoms with Gasteiger partial charge in [-0.1, -0.05) is 17.7 Å². The first-order valence-electron chi connectivity index (χ1n) is 14.4. The van der Waals surface area contributed by atoms with E-state index in [1.54, 1.807) is 24.1 Å². The van der Waals surface area contributed by atoms with Crippen molar-refractivity contribution in [3.8, 4) is 11.1 Å². The van der Waals surface area contributed by atoms with Gasteiger partial charge >= 0.3 is 6.09 Å². The molecule has 1 aromatic carbocycles. The lowest BCUT2D eigenvalue weighted by atomic mass is 9.87. The molecule has 1 saturated heterocycles. The van der Waals surface area contributed by atoms with Gasteiger partial charge in [0.1, 0.15) is 22.8 Å². The molecular formula is C32H35ClN6O4. The maximum Gasteiger partial charge on any atom is 0.410 e. The third-order valence-electron chi connectivity index (χ3n) is 7.78. The minimum atomic E-state index is -0.644. The average molecular weight is 603 g/mol. The number of aromatic nitrogens is 4. The predicted molar refractivity (Wildman–Crippen MR) is 163 cm³/mol. The number of pyridine rings is 1. The molecule has 0 radical (unpaired) electrons. The number of hydrogen-bond acceptors (Lipinski definition) is 7. The Hall–Kier alpha value is -4.02. The van der Waals surface area contributed by atoms with Crippen molar-refractivity contribution in [2.45, 2.75) is 59.2 Å². The number of fused-ring (bicyclic) bond motifs is 2. The van der Waals surface area contributed by atoms with Gasteiger partial charge in [0.25, 0.3) is 5.91 Å². The number of nitrogens with one attached hydrogen (secondary N) is 1. The Labute approximate surface area is 255 Å². The fourth-order valence-electron chi connectivity index (χ4n) is 5.85. The molecular weight excluding hydrogens is 568 g/mol. The number of rotatable bonds is 3. The molecule has 2 aliphatic heterocycles. The van der Waals surface area contributed by atoms with E-state index in [1.807, 2.05) is 44.9 Å². The number of nitrogens with zero attached hydrogens (tertiary/aromatic N) is 5. The molecule has 1 N–H and O–H groups in total. The Morgan fingerprint density at radius 3 is 2.67 bits per heavy atom. The number of aromatic amines is 1. The largest absolute Gasteiger partial charge is 0.444 e. The molecule has 10 nitrogen and oxygen atoms in total. The van der Waals surface area contributed by atoms with Gasteiger partial charge in [-0.25, -0.2) is 19.7 Å². The topological polar surface area (TPSA) is 114 Å². The molecule has 43 heavy (non-hydrogen) atoms. The number of ether oxygens (including phenoxy) is 2. The van der Waals surface area contributed by atoms with Crippen molar-refractivity contribution in [3.63, 3.8) is 0 Å². The summed E-state index contributed by atoms with van der Waals surface area (Å²) in [7, 11) is 0. The molecule has 0 saturated carbocycles. The van der Waals surface area contributed by atoms with Crippen molar-refractivity contribution in [1.29, 1.82) is 0 Å². The zero-order chi connectivity index (χ0) is 30.5. The van der Waals surface area contributed by atoms with Crippen LogP contribution >= 0.6 is 11.6 Å². The smallest absolute Gasteiger partial charge is 0.410 e. The summed E-state index contributed by atoms with van der Waals surface area (Å²) in [6.07, 6.45) is 3.80. The van der Waals surface area contributed by atoms with Gasteiger partial charge in [-0.2, -0.15) is 0 Å². The van der Waals surface area contributed by atoms with Crippen LogP contribution in [0, 0.1) is 13.8 Å². The summed E-state index contributed by atoms with van der Waals surface area (Å²) in [4.78, 5) is 47.1. The number of morpholine rings is 1. The van der Waals surface area contributed by atoms with Crippen molar-refractivity contribution >= 4 is 34.6 Å². The molecule has 1 fully saturated rings. The molecule has 3 aromatic heterocycles. The summed E-state index contributed by atoms with van der Waals surface area (Å²) < 4.78 is 11.7. The van der Waals surface area contributed by atoms with Crippen LogP contribution in [0.2, 0.25) is 5.02 Å². The zero-order valence-corrected chi connectivity index (χ0v) is 25.8. The quantitative estimate of drug-likeness (QED) is 0.315. The molecule has 1 unspecified atom stereocenters. The number of carbonyl (C=O) groups excluding carboxylic acids is 2. The van der Waals surface area contributed by atoms with Gasteiger partial charge in [0.2, 0.25) is 0 Å². The van der Waals surface area contributed by atoms with Crippen LogP contribution in [0.1, 0.15) is 65.5 Å². The molecule has 1 atom stereocenters. The molecule has 2 aliphatic rings. The first kappa shape index (κ1) is 29.1. The Bertz CT molecular complexity index is 1710. The van der Waals surface area contributed by atoms with Gasteiger partial charge in [-0.05, 0) is 81.5 Å². The number of aryl methyl sites for hydroxylation is 2. The monoisotopic (exact) mass is 602 g/mol. The highest BCUT2D eigenvalue weighted by Gasteiger charge is 2.36. The van der Waals surface area contributed by atoms with Crippen LogP contribution in [-0.2, 0) is 22.4 Å². The lowest BCUT2D eigenvalue weighted by molar-refractivity contribution is -0.0334. The van der Waals surface area contributed by atoms with Crippen LogP contribution in [0.5, 0.6) is 0 Å². The van der Waals surface area contributed by atoms with E-state index in [0.29, 0.717) is 61.5 Å². The van der Waals surface area contributed by atoms with Crippen LogP contribution in [0.4, 0.5) is 4.79 Å². The second kappa shape index (κ2) is 11.2. The van der Waals surface area contributed by atoms with E-state index in [4.69, 9.17) is 21.1 Å². The third kappa shape index (κ3) is 5.94. The van der Waals surface area contributed by atoms with E-state index in [-0.39, 0.29) is 5.91 Å². The van der Waals surface area contributed by atoms with Gasteiger partial charge in [-0.3, -0.25) is 9.69 Å². The second-order valence-electron chi connectivity index (χ2n) is 12.1. The van der Waals surface area contributed by atoms with E-state index in [1.165, 1.54) is 0 Å². The number of H-pyrrole nitrogens is 1. The van der Waals surface area contributed by atoms with Crippen LogP contribution in [0.3, 0.4) is 0 Å². The minimum Gasteiger partial charge on any atom is -0.444 e. The zero-order valence-electron chi connectivity index (χ0n) is 25.0. The SMILES string of the molecule is Cc1cc(C(=O)N2CCc3cc(-c4cnc5[nH]cc(Cl)c5c4)cc(C4COCCN4C(=O)OC(C)(C)C)c3C2)nc(C)n1. The number of hydrogen-bond donors (Lipinski definition) is 1. The van der Waals surface area contributed by atoms with Crippen LogP contribution in [0.25, 0.3) is 22.2 Å². The maximum atomic E-state index is 13.7. The summed E-state index contributed by atoms with van der Waals surface area (Å²) in [6.45, 7) is 11.3. The third-order valence-corrected chi connectivity index (χ3v) is 8.09. The molecule has 5 heterocycles. The van der Waals surface area contributed by atoms with Gasteiger partial charge in [-0.15, -0.1) is 0 Å². The van der Waals surface area contributed by atoms with Crippen molar-refractivity contribution in [2.75, 3.05) is 26.3 Å². The van der Waals surface area contributed by atoms with Crippen molar-refractivity contribution < 1.29 is 19.1 Å². The molecule has 6 rings (SSSR count). The second-order valence-corrected chi connectivity index (χ2v) is 12.6. The first-order chi connectivity index (χ1) is 20.5.